The Kier molecular flexibility index (Phi) is 7.81. The summed E-state index contributed by atoms with van der Waals surface area (Å²) in [4.78, 5) is 24.0. The molecular weight excluding hydrogens is 478 g/mol. The Hall–Kier alpha value is -2.45. The molecule has 0 radical (unpaired) electrons. The zero-order valence-electron chi connectivity index (χ0n) is 16.3. The number of esters is 1. The van der Waals surface area contributed by atoms with Crippen LogP contribution in [-0.4, -0.2) is 38.3 Å². The van der Waals surface area contributed by atoms with E-state index in [4.69, 9.17) is 30.5 Å². The second-order valence-electron chi connectivity index (χ2n) is 6.55. The smallest absolute Gasteiger partial charge is 0.306 e. The zero-order chi connectivity index (χ0) is 21.5. The maximum absolute atomic E-state index is 12.1. The van der Waals surface area contributed by atoms with Gasteiger partial charge in [-0.05, 0) is 53.0 Å². The van der Waals surface area contributed by atoms with Gasteiger partial charge >= 0.3 is 5.97 Å². The average molecular weight is 499 g/mol. The predicted octanol–water partition coefficient (Wildman–Crippen LogP) is 4.52. The molecule has 1 heterocycles. The van der Waals surface area contributed by atoms with Crippen molar-refractivity contribution in [3.05, 3.63) is 45.4 Å². The lowest BCUT2D eigenvalue weighted by Crippen LogP contribution is -2.22. The van der Waals surface area contributed by atoms with Crippen molar-refractivity contribution < 1.29 is 28.5 Å². The first-order valence-corrected chi connectivity index (χ1v) is 10.5. The summed E-state index contributed by atoms with van der Waals surface area (Å²) in [5.74, 6) is 0.954. The van der Waals surface area contributed by atoms with Gasteiger partial charge in [0, 0.05) is 28.0 Å². The number of halogens is 2. The van der Waals surface area contributed by atoms with Gasteiger partial charge in [0.05, 0.1) is 12.3 Å². The van der Waals surface area contributed by atoms with E-state index in [1.54, 1.807) is 24.3 Å². The number of aryl methyl sites for hydroxylation is 1. The monoisotopic (exact) mass is 497 g/mol. The molecule has 0 fully saturated rings. The van der Waals surface area contributed by atoms with Gasteiger partial charge in [0.25, 0.3) is 5.91 Å². The van der Waals surface area contributed by atoms with Gasteiger partial charge in [0.1, 0.15) is 19.0 Å². The van der Waals surface area contributed by atoms with Gasteiger partial charge in [0.15, 0.2) is 18.1 Å². The first kappa shape index (κ1) is 22.2. The van der Waals surface area contributed by atoms with E-state index < -0.39 is 11.9 Å². The largest absolute Gasteiger partial charge is 0.493 e. The summed E-state index contributed by atoms with van der Waals surface area (Å²) >= 11 is 9.28. The van der Waals surface area contributed by atoms with Crippen molar-refractivity contribution in [2.24, 2.45) is 0 Å². The molecule has 0 bridgehead atoms. The van der Waals surface area contributed by atoms with Crippen molar-refractivity contribution >= 4 is 45.1 Å². The zero-order valence-corrected chi connectivity index (χ0v) is 18.7. The number of fused-ring (bicyclic) bond motifs is 1. The molecule has 1 amide bonds. The first-order chi connectivity index (χ1) is 14.4. The molecule has 1 N–H and O–H groups in total. The topological polar surface area (TPSA) is 83.1 Å². The predicted molar refractivity (Wildman–Crippen MR) is 116 cm³/mol. The standard InChI is InChI=1S/C21H21BrClNO6/c1-13-9-14(23)4-5-17(13)27-6-2-3-21(26)30-12-20(25)24-16-11-19-18(10-15(16)22)28-7-8-29-19/h4-5,9-11H,2-3,6-8,12H2,1H3,(H,24,25). The number of nitrogens with one attached hydrogen (secondary N) is 1. The Bertz CT molecular complexity index is 936. The van der Waals surface area contributed by atoms with E-state index in [2.05, 4.69) is 21.2 Å². The third-order valence-electron chi connectivity index (χ3n) is 4.19. The van der Waals surface area contributed by atoms with E-state index >= 15 is 0 Å². The van der Waals surface area contributed by atoms with Crippen LogP contribution in [0.4, 0.5) is 5.69 Å². The van der Waals surface area contributed by atoms with Crippen molar-refractivity contribution in [3.63, 3.8) is 0 Å². The van der Waals surface area contributed by atoms with Gasteiger partial charge in [-0.25, -0.2) is 0 Å². The first-order valence-electron chi connectivity index (χ1n) is 9.36. The molecule has 0 saturated carbocycles. The lowest BCUT2D eigenvalue weighted by Gasteiger charge is -2.20. The molecule has 7 nitrogen and oxygen atoms in total. The molecule has 3 rings (SSSR count). The Morgan fingerprint density at radius 3 is 2.63 bits per heavy atom. The highest BCUT2D eigenvalue weighted by atomic mass is 79.9. The molecule has 1 aliphatic rings. The van der Waals surface area contributed by atoms with Gasteiger partial charge in [-0.3, -0.25) is 9.59 Å². The second kappa shape index (κ2) is 10.5. The van der Waals surface area contributed by atoms with Crippen LogP contribution in [0.5, 0.6) is 17.2 Å². The molecule has 0 unspecified atom stereocenters. The van der Waals surface area contributed by atoms with Crippen molar-refractivity contribution in [1.29, 1.82) is 0 Å². The third kappa shape index (κ3) is 6.27. The van der Waals surface area contributed by atoms with Crippen LogP contribution in [0.25, 0.3) is 0 Å². The number of anilines is 1. The number of rotatable bonds is 8. The maximum atomic E-state index is 12.1. The number of amides is 1. The van der Waals surface area contributed by atoms with Crippen LogP contribution in [0.15, 0.2) is 34.8 Å². The highest BCUT2D eigenvalue weighted by Gasteiger charge is 2.17. The lowest BCUT2D eigenvalue weighted by molar-refractivity contribution is -0.147. The molecule has 0 atom stereocenters. The molecule has 0 spiro atoms. The molecule has 2 aromatic carbocycles. The van der Waals surface area contributed by atoms with Crippen LogP contribution in [0.1, 0.15) is 18.4 Å². The molecule has 0 aliphatic carbocycles. The molecule has 160 valence electrons. The van der Waals surface area contributed by atoms with E-state index in [0.29, 0.717) is 52.9 Å². The summed E-state index contributed by atoms with van der Waals surface area (Å²) in [7, 11) is 0. The van der Waals surface area contributed by atoms with Gasteiger partial charge in [0.2, 0.25) is 0 Å². The fraction of sp³-hybridized carbons (Fsp3) is 0.333. The minimum Gasteiger partial charge on any atom is -0.493 e. The minimum absolute atomic E-state index is 0.146. The van der Waals surface area contributed by atoms with Crippen molar-refractivity contribution in [1.82, 2.24) is 0 Å². The van der Waals surface area contributed by atoms with E-state index in [1.165, 1.54) is 0 Å². The highest BCUT2D eigenvalue weighted by Crippen LogP contribution is 2.38. The summed E-state index contributed by atoms with van der Waals surface area (Å²) in [6.45, 7) is 2.80. The van der Waals surface area contributed by atoms with Gasteiger partial charge < -0.3 is 24.3 Å². The Balaban J connectivity index is 1.38. The quantitative estimate of drug-likeness (QED) is 0.425. The number of benzene rings is 2. The molecule has 9 heteroatoms. The summed E-state index contributed by atoms with van der Waals surface area (Å²) in [6.07, 6.45) is 0.615. The van der Waals surface area contributed by atoms with Gasteiger partial charge in [-0.2, -0.15) is 0 Å². The summed E-state index contributed by atoms with van der Waals surface area (Å²) in [6, 6.07) is 8.73. The minimum atomic E-state index is -0.470. The number of carbonyl (C=O) groups excluding carboxylic acids is 2. The fourth-order valence-corrected chi connectivity index (χ4v) is 3.39. The van der Waals surface area contributed by atoms with Crippen molar-refractivity contribution in [2.45, 2.75) is 19.8 Å². The van der Waals surface area contributed by atoms with Gasteiger partial charge in [-0.1, -0.05) is 11.6 Å². The molecule has 2 aromatic rings. The lowest BCUT2D eigenvalue weighted by atomic mass is 10.2. The molecule has 30 heavy (non-hydrogen) atoms. The van der Waals surface area contributed by atoms with E-state index in [1.807, 2.05) is 13.0 Å². The van der Waals surface area contributed by atoms with Crippen LogP contribution in [0.3, 0.4) is 0 Å². The van der Waals surface area contributed by atoms with Crippen LogP contribution in [-0.2, 0) is 14.3 Å². The number of hydrogen-bond acceptors (Lipinski definition) is 6. The summed E-state index contributed by atoms with van der Waals surface area (Å²) in [5, 5.41) is 3.32. The Labute approximate surface area is 187 Å². The average Bonchev–Trinajstić information content (AvgIpc) is 2.71. The molecular formula is C21H21BrClNO6. The fourth-order valence-electron chi connectivity index (χ4n) is 2.74. The summed E-state index contributed by atoms with van der Waals surface area (Å²) < 4.78 is 22.3. The maximum Gasteiger partial charge on any atom is 0.306 e. The molecule has 0 aromatic heterocycles. The molecule has 0 saturated heterocycles. The summed E-state index contributed by atoms with van der Waals surface area (Å²) in [5.41, 5.74) is 1.43. The molecule has 1 aliphatic heterocycles. The SMILES string of the molecule is Cc1cc(Cl)ccc1OCCCC(=O)OCC(=O)Nc1cc2c(cc1Br)OCCO2. The van der Waals surface area contributed by atoms with Gasteiger partial charge in [-0.15, -0.1) is 0 Å². The van der Waals surface area contributed by atoms with Crippen LogP contribution < -0.4 is 19.5 Å². The van der Waals surface area contributed by atoms with Crippen LogP contribution in [0.2, 0.25) is 5.02 Å². The Morgan fingerprint density at radius 2 is 1.90 bits per heavy atom. The normalized spacial score (nSPS) is 12.2. The highest BCUT2D eigenvalue weighted by molar-refractivity contribution is 9.10. The van der Waals surface area contributed by atoms with Crippen molar-refractivity contribution in [2.75, 3.05) is 31.7 Å². The van der Waals surface area contributed by atoms with Crippen LogP contribution >= 0.6 is 27.5 Å². The number of hydrogen-bond donors (Lipinski definition) is 1. The Morgan fingerprint density at radius 1 is 1.17 bits per heavy atom. The number of ether oxygens (including phenoxy) is 4. The second-order valence-corrected chi connectivity index (χ2v) is 7.84. The van der Waals surface area contributed by atoms with E-state index in [-0.39, 0.29) is 13.0 Å². The van der Waals surface area contributed by atoms with E-state index in [9.17, 15) is 9.59 Å². The van der Waals surface area contributed by atoms with E-state index in [0.717, 1.165) is 11.3 Å². The van der Waals surface area contributed by atoms with Crippen molar-refractivity contribution in [3.8, 4) is 17.2 Å². The van der Waals surface area contributed by atoms with Crippen LogP contribution in [0, 0.1) is 6.92 Å². The number of carbonyl (C=O) groups is 2. The third-order valence-corrected chi connectivity index (χ3v) is 5.08.